The van der Waals surface area contributed by atoms with Gasteiger partial charge < -0.3 is 15.8 Å². The van der Waals surface area contributed by atoms with Crippen molar-refractivity contribution in [2.45, 2.75) is 0 Å². The monoisotopic (exact) mass is 470 g/mol. The summed E-state index contributed by atoms with van der Waals surface area (Å²) in [4.78, 5) is 12.7. The second-order valence-corrected chi connectivity index (χ2v) is 7.20. The van der Waals surface area contributed by atoms with E-state index in [0.29, 0.717) is 0 Å². The first-order chi connectivity index (χ1) is 15.3. The van der Waals surface area contributed by atoms with Gasteiger partial charge in [0.15, 0.2) is 0 Å². The van der Waals surface area contributed by atoms with Crippen LogP contribution in [0, 0.1) is 29.2 Å². The molecular formula is C21H19ClF4N4O2. The summed E-state index contributed by atoms with van der Waals surface area (Å²) in [7, 11) is 1.56. The SMILES string of the molecule is Cn1ncc(NC(=O)c2ccc(F)c(-c3c(F)cccc3F)c2F)c1OCC(CN)CCl. The van der Waals surface area contributed by atoms with Crippen molar-refractivity contribution in [3.05, 3.63) is 65.4 Å². The number of aryl methyl sites for hydroxylation is 1. The molecule has 0 fully saturated rings. The van der Waals surface area contributed by atoms with E-state index in [-0.39, 0.29) is 36.5 Å². The summed E-state index contributed by atoms with van der Waals surface area (Å²) in [6, 6.07) is 4.41. The maximum absolute atomic E-state index is 15.1. The second-order valence-electron chi connectivity index (χ2n) is 6.89. The minimum Gasteiger partial charge on any atom is -0.476 e. The Hall–Kier alpha value is -3.11. The van der Waals surface area contributed by atoms with Gasteiger partial charge in [0.25, 0.3) is 5.91 Å². The van der Waals surface area contributed by atoms with Gasteiger partial charge >= 0.3 is 0 Å². The molecule has 0 aliphatic rings. The van der Waals surface area contributed by atoms with Gasteiger partial charge in [0, 0.05) is 18.8 Å². The zero-order valence-corrected chi connectivity index (χ0v) is 17.6. The number of hydrogen-bond acceptors (Lipinski definition) is 4. The zero-order chi connectivity index (χ0) is 23.4. The largest absolute Gasteiger partial charge is 0.476 e. The molecule has 1 atom stereocenters. The highest BCUT2D eigenvalue weighted by molar-refractivity contribution is 6.18. The first kappa shape index (κ1) is 23.6. The third-order valence-corrected chi connectivity index (χ3v) is 5.12. The van der Waals surface area contributed by atoms with Crippen LogP contribution >= 0.6 is 11.6 Å². The van der Waals surface area contributed by atoms with E-state index in [1.165, 1.54) is 10.9 Å². The Bertz CT molecular complexity index is 1110. The summed E-state index contributed by atoms with van der Waals surface area (Å²) in [5.74, 6) is -5.70. The molecule has 0 spiro atoms. The second kappa shape index (κ2) is 10.0. The van der Waals surface area contributed by atoms with Gasteiger partial charge in [0.2, 0.25) is 5.88 Å². The Labute approximate surface area is 185 Å². The molecule has 11 heteroatoms. The van der Waals surface area contributed by atoms with Crippen LogP contribution in [0.2, 0.25) is 0 Å². The Morgan fingerprint density at radius 1 is 1.16 bits per heavy atom. The Morgan fingerprint density at radius 2 is 1.81 bits per heavy atom. The maximum atomic E-state index is 15.1. The van der Waals surface area contributed by atoms with Gasteiger partial charge in [0.05, 0.1) is 29.5 Å². The van der Waals surface area contributed by atoms with Crippen molar-refractivity contribution in [3.8, 4) is 17.0 Å². The van der Waals surface area contributed by atoms with E-state index in [4.69, 9.17) is 22.1 Å². The highest BCUT2D eigenvalue weighted by atomic mass is 35.5. The molecule has 0 aliphatic heterocycles. The number of benzene rings is 2. The molecule has 1 aromatic heterocycles. The Morgan fingerprint density at radius 3 is 2.44 bits per heavy atom. The van der Waals surface area contributed by atoms with Crippen LogP contribution < -0.4 is 15.8 Å². The number of nitrogens with zero attached hydrogens (tertiary/aromatic N) is 2. The summed E-state index contributed by atoms with van der Waals surface area (Å²) < 4.78 is 64.6. The Balaban J connectivity index is 1.92. The van der Waals surface area contributed by atoms with E-state index in [9.17, 15) is 18.0 Å². The van der Waals surface area contributed by atoms with Crippen molar-refractivity contribution in [2.75, 3.05) is 24.3 Å². The molecule has 32 heavy (non-hydrogen) atoms. The molecule has 1 unspecified atom stereocenters. The minimum absolute atomic E-state index is 0.102. The number of nitrogens with one attached hydrogen (secondary N) is 1. The van der Waals surface area contributed by atoms with Crippen LogP contribution in [0.4, 0.5) is 23.2 Å². The van der Waals surface area contributed by atoms with Crippen LogP contribution in [0.3, 0.4) is 0 Å². The van der Waals surface area contributed by atoms with Crippen LogP contribution in [-0.4, -0.2) is 34.7 Å². The molecule has 170 valence electrons. The zero-order valence-electron chi connectivity index (χ0n) is 16.8. The number of rotatable bonds is 8. The van der Waals surface area contributed by atoms with E-state index in [1.807, 2.05) is 0 Å². The lowest BCUT2D eigenvalue weighted by Crippen LogP contribution is -2.24. The third-order valence-electron chi connectivity index (χ3n) is 4.69. The smallest absolute Gasteiger partial charge is 0.258 e. The van der Waals surface area contributed by atoms with Gasteiger partial charge in [-0.1, -0.05) is 6.07 Å². The van der Waals surface area contributed by atoms with Crippen molar-refractivity contribution >= 4 is 23.2 Å². The number of ether oxygens (including phenoxy) is 1. The molecule has 1 amide bonds. The molecule has 0 saturated heterocycles. The quantitative estimate of drug-likeness (QED) is 0.384. The van der Waals surface area contributed by atoms with Gasteiger partial charge in [0.1, 0.15) is 29.0 Å². The lowest BCUT2D eigenvalue weighted by atomic mass is 9.99. The number of halogens is 5. The normalized spacial score (nSPS) is 12.0. The summed E-state index contributed by atoms with van der Waals surface area (Å²) >= 11 is 5.79. The van der Waals surface area contributed by atoms with Gasteiger partial charge in [-0.05, 0) is 30.8 Å². The van der Waals surface area contributed by atoms with Crippen molar-refractivity contribution in [1.82, 2.24) is 9.78 Å². The number of nitrogens with two attached hydrogens (primary N) is 1. The maximum Gasteiger partial charge on any atom is 0.258 e. The molecule has 6 nitrogen and oxygen atoms in total. The average molecular weight is 471 g/mol. The van der Waals surface area contributed by atoms with Crippen molar-refractivity contribution in [2.24, 2.45) is 18.7 Å². The molecule has 0 bridgehead atoms. The molecule has 3 N–H and O–H groups in total. The van der Waals surface area contributed by atoms with Crippen molar-refractivity contribution in [3.63, 3.8) is 0 Å². The van der Waals surface area contributed by atoms with E-state index in [0.717, 1.165) is 30.3 Å². The first-order valence-electron chi connectivity index (χ1n) is 9.43. The van der Waals surface area contributed by atoms with Crippen LogP contribution in [0.15, 0.2) is 36.5 Å². The van der Waals surface area contributed by atoms with Crippen LogP contribution in [0.5, 0.6) is 5.88 Å². The van der Waals surface area contributed by atoms with Crippen LogP contribution in [0.1, 0.15) is 10.4 Å². The molecule has 3 aromatic rings. The van der Waals surface area contributed by atoms with E-state index in [2.05, 4.69) is 10.4 Å². The highest BCUT2D eigenvalue weighted by Crippen LogP contribution is 2.33. The summed E-state index contributed by atoms with van der Waals surface area (Å²) in [6.45, 7) is 0.420. The average Bonchev–Trinajstić information content (AvgIpc) is 3.10. The van der Waals surface area contributed by atoms with Gasteiger partial charge in [-0.25, -0.2) is 22.2 Å². The Kier molecular flexibility index (Phi) is 7.37. The van der Waals surface area contributed by atoms with E-state index in [1.54, 1.807) is 7.05 Å². The standard InChI is InChI=1S/C21H19ClF4N4O2/c1-30-21(32-10-11(7-22)8-27)16(9-28-30)29-20(31)12-5-6-15(25)18(19(12)26)17-13(23)3-2-4-14(17)24/h2-6,9,11H,7-8,10,27H2,1H3,(H,29,31). The van der Waals surface area contributed by atoms with Gasteiger partial charge in [-0.3, -0.25) is 4.79 Å². The first-order valence-corrected chi connectivity index (χ1v) is 9.96. The molecule has 3 rings (SSSR count). The number of anilines is 1. The van der Waals surface area contributed by atoms with E-state index < -0.39 is 45.9 Å². The fraction of sp³-hybridized carbons (Fsp3) is 0.238. The minimum atomic E-state index is -1.41. The lowest BCUT2D eigenvalue weighted by molar-refractivity contribution is 0.102. The lowest BCUT2D eigenvalue weighted by Gasteiger charge is -2.15. The molecular weight excluding hydrogens is 452 g/mol. The summed E-state index contributed by atoms with van der Waals surface area (Å²) in [6.07, 6.45) is 1.27. The van der Waals surface area contributed by atoms with Gasteiger partial charge in [-0.15, -0.1) is 11.6 Å². The van der Waals surface area contributed by atoms with Gasteiger partial charge in [-0.2, -0.15) is 5.10 Å². The predicted octanol–water partition coefficient (Wildman–Crippen LogP) is 4.09. The van der Waals surface area contributed by atoms with E-state index >= 15 is 4.39 Å². The summed E-state index contributed by atoms with van der Waals surface area (Å²) in [5.41, 5.74) is 3.17. The van der Waals surface area contributed by atoms with Crippen molar-refractivity contribution < 1.29 is 27.1 Å². The number of amides is 1. The number of carbonyl (C=O) groups excluding carboxylic acids is 1. The third kappa shape index (κ3) is 4.71. The van der Waals surface area contributed by atoms with Crippen molar-refractivity contribution in [1.29, 1.82) is 0 Å². The summed E-state index contributed by atoms with van der Waals surface area (Å²) in [5, 5.41) is 6.39. The molecule has 0 saturated carbocycles. The number of carbonyl (C=O) groups is 1. The van der Waals surface area contributed by atoms with Crippen LogP contribution in [-0.2, 0) is 7.05 Å². The molecule has 0 aliphatic carbocycles. The fourth-order valence-corrected chi connectivity index (χ4v) is 3.15. The van der Waals surface area contributed by atoms with Crippen LogP contribution in [0.25, 0.3) is 11.1 Å². The number of alkyl halides is 1. The fourth-order valence-electron chi connectivity index (χ4n) is 2.94. The highest BCUT2D eigenvalue weighted by Gasteiger charge is 2.25. The molecule has 2 aromatic carbocycles. The number of hydrogen-bond donors (Lipinski definition) is 2. The number of aromatic nitrogens is 2. The topological polar surface area (TPSA) is 82.2 Å². The molecule has 1 heterocycles. The molecule has 0 radical (unpaired) electrons. The predicted molar refractivity (Wildman–Crippen MR) is 112 cm³/mol.